The van der Waals surface area contributed by atoms with Gasteiger partial charge in [0.1, 0.15) is 0 Å². The smallest absolute Gasteiger partial charge is 0.263 e. The molecule has 0 fully saturated rings. The summed E-state index contributed by atoms with van der Waals surface area (Å²) in [5.41, 5.74) is 2.38. The second-order valence-corrected chi connectivity index (χ2v) is 8.82. The lowest BCUT2D eigenvalue weighted by Gasteiger charge is -2.13. The van der Waals surface area contributed by atoms with Crippen LogP contribution in [0.5, 0.6) is 0 Å². The highest BCUT2D eigenvalue weighted by molar-refractivity contribution is 7.92. The summed E-state index contributed by atoms with van der Waals surface area (Å²) in [7, 11) is -3.82. The molecule has 0 unspecified atom stereocenters. The fourth-order valence-corrected chi connectivity index (χ4v) is 3.80. The van der Waals surface area contributed by atoms with E-state index < -0.39 is 10.0 Å². The number of hydrogen-bond donors (Lipinski definition) is 3. The molecule has 29 heavy (non-hydrogen) atoms. The maximum Gasteiger partial charge on any atom is 0.263 e. The van der Waals surface area contributed by atoms with Gasteiger partial charge in [0.25, 0.3) is 10.0 Å². The van der Waals surface area contributed by atoms with Crippen molar-refractivity contribution in [1.82, 2.24) is 10.2 Å². The first-order valence-corrected chi connectivity index (χ1v) is 10.8. The monoisotopic (exact) mass is 467 g/mol. The molecule has 11 heteroatoms. The molecule has 0 aliphatic carbocycles. The molecule has 3 rings (SSSR count). The van der Waals surface area contributed by atoms with Gasteiger partial charge in [-0.1, -0.05) is 29.3 Å². The van der Waals surface area contributed by atoms with E-state index in [0.717, 1.165) is 11.3 Å². The van der Waals surface area contributed by atoms with Gasteiger partial charge in [0.05, 0.1) is 4.90 Å². The van der Waals surface area contributed by atoms with Crippen LogP contribution in [0.25, 0.3) is 0 Å². The summed E-state index contributed by atoms with van der Waals surface area (Å²) in [4.78, 5) is 0.0596. The van der Waals surface area contributed by atoms with E-state index in [1.807, 2.05) is 13.0 Å². The summed E-state index contributed by atoms with van der Waals surface area (Å²) < 4.78 is 27.2. The molecule has 0 atom stereocenters. The predicted octanol–water partition coefficient (Wildman–Crippen LogP) is 4.70. The number of hydrogen-bond acceptors (Lipinski definition) is 5. The number of anilines is 3. The molecule has 150 valence electrons. The second-order valence-electron chi connectivity index (χ2n) is 5.91. The molecule has 0 aliphatic heterocycles. The lowest BCUT2D eigenvalue weighted by atomic mass is 10.2. The molecule has 0 spiro atoms. The van der Waals surface area contributed by atoms with Crippen molar-refractivity contribution in [2.45, 2.75) is 11.8 Å². The van der Waals surface area contributed by atoms with E-state index in [0.29, 0.717) is 15.8 Å². The zero-order valence-corrected chi connectivity index (χ0v) is 18.1. The quantitative estimate of drug-likeness (QED) is 0.467. The van der Waals surface area contributed by atoms with Gasteiger partial charge in [0.15, 0.2) is 16.1 Å². The van der Waals surface area contributed by atoms with Gasteiger partial charge in [0, 0.05) is 16.4 Å². The van der Waals surface area contributed by atoms with Crippen molar-refractivity contribution in [3.8, 4) is 0 Å². The van der Waals surface area contributed by atoms with Crippen LogP contribution in [0.15, 0.2) is 59.5 Å². The van der Waals surface area contributed by atoms with Crippen LogP contribution in [0, 0.1) is 6.92 Å². The van der Waals surface area contributed by atoms with Gasteiger partial charge in [0.2, 0.25) is 0 Å². The first-order chi connectivity index (χ1) is 13.7. The molecule has 7 nitrogen and oxygen atoms in total. The Morgan fingerprint density at radius 1 is 0.966 bits per heavy atom. The number of thiocarbonyl (C=S) groups is 1. The first-order valence-electron chi connectivity index (χ1n) is 8.19. The highest BCUT2D eigenvalue weighted by atomic mass is 35.5. The van der Waals surface area contributed by atoms with Crippen LogP contribution >= 0.6 is 35.4 Å². The molecule has 0 amide bonds. The minimum absolute atomic E-state index is 0.0596. The molecular weight excluding hydrogens is 453 g/mol. The number of halogens is 2. The lowest BCUT2D eigenvalue weighted by molar-refractivity contribution is 0.601. The number of sulfonamides is 1. The summed E-state index contributed by atoms with van der Waals surface area (Å²) in [6, 6.07) is 14.4. The SMILES string of the molecule is Cc1ccc(Cl)cc1NC(=S)Nc1ccc(S(=O)(=O)Nc2ccc(Cl)nn2)cc1. The molecule has 2 aromatic carbocycles. The Morgan fingerprint density at radius 3 is 2.34 bits per heavy atom. The van der Waals surface area contributed by atoms with E-state index in [9.17, 15) is 8.42 Å². The Balaban J connectivity index is 1.67. The van der Waals surface area contributed by atoms with Crippen molar-refractivity contribution in [2.75, 3.05) is 15.4 Å². The highest BCUT2D eigenvalue weighted by Crippen LogP contribution is 2.21. The molecule has 0 aliphatic rings. The average Bonchev–Trinajstić information content (AvgIpc) is 2.67. The first kappa shape index (κ1) is 21.3. The maximum atomic E-state index is 12.4. The third-order valence-electron chi connectivity index (χ3n) is 3.74. The van der Waals surface area contributed by atoms with Gasteiger partial charge in [-0.15, -0.1) is 10.2 Å². The van der Waals surface area contributed by atoms with Gasteiger partial charge in [-0.25, -0.2) is 8.42 Å². The number of aromatic nitrogens is 2. The summed E-state index contributed by atoms with van der Waals surface area (Å²) >= 11 is 17.0. The van der Waals surface area contributed by atoms with E-state index in [2.05, 4.69) is 25.6 Å². The summed E-state index contributed by atoms with van der Waals surface area (Å²) in [6.45, 7) is 1.93. The molecule has 0 saturated carbocycles. The molecule has 3 aromatic rings. The summed E-state index contributed by atoms with van der Waals surface area (Å²) in [5, 5.41) is 14.4. The molecule has 3 N–H and O–H groups in total. The Morgan fingerprint density at radius 2 is 1.69 bits per heavy atom. The molecular formula is C18H15Cl2N5O2S2. The Hall–Kier alpha value is -2.46. The van der Waals surface area contributed by atoms with E-state index in [4.69, 9.17) is 35.4 Å². The number of aryl methyl sites for hydroxylation is 1. The van der Waals surface area contributed by atoms with Gasteiger partial charge >= 0.3 is 0 Å². The largest absolute Gasteiger partial charge is 0.332 e. The predicted molar refractivity (Wildman–Crippen MR) is 120 cm³/mol. The fraction of sp³-hybridized carbons (Fsp3) is 0.0556. The average molecular weight is 468 g/mol. The van der Waals surface area contributed by atoms with Crippen LogP contribution in [0.2, 0.25) is 10.2 Å². The molecule has 0 bridgehead atoms. The zero-order valence-electron chi connectivity index (χ0n) is 15.0. The van der Waals surface area contributed by atoms with Crippen molar-refractivity contribution < 1.29 is 8.42 Å². The van der Waals surface area contributed by atoms with Gasteiger partial charge in [-0.05, 0) is 73.2 Å². The number of benzene rings is 2. The minimum Gasteiger partial charge on any atom is -0.332 e. The van der Waals surface area contributed by atoms with Gasteiger partial charge in [-0.2, -0.15) is 0 Å². The van der Waals surface area contributed by atoms with Crippen molar-refractivity contribution in [3.05, 3.63) is 70.3 Å². The van der Waals surface area contributed by atoms with E-state index >= 15 is 0 Å². The fourth-order valence-electron chi connectivity index (χ4n) is 2.30. The van der Waals surface area contributed by atoms with Crippen molar-refractivity contribution >= 4 is 67.7 Å². The summed E-state index contributed by atoms with van der Waals surface area (Å²) in [6.07, 6.45) is 0. The molecule has 0 radical (unpaired) electrons. The zero-order chi connectivity index (χ0) is 21.0. The minimum atomic E-state index is -3.82. The van der Waals surface area contributed by atoms with Gasteiger partial charge < -0.3 is 10.6 Å². The van der Waals surface area contributed by atoms with Crippen LogP contribution in [0.4, 0.5) is 17.2 Å². The van der Waals surface area contributed by atoms with E-state index in [-0.39, 0.29) is 15.9 Å². The van der Waals surface area contributed by atoms with Crippen LogP contribution in [0.1, 0.15) is 5.56 Å². The Labute approximate surface area is 183 Å². The van der Waals surface area contributed by atoms with Gasteiger partial charge in [-0.3, -0.25) is 4.72 Å². The lowest BCUT2D eigenvalue weighted by Crippen LogP contribution is -2.20. The van der Waals surface area contributed by atoms with Crippen molar-refractivity contribution in [2.24, 2.45) is 0 Å². The number of nitrogens with one attached hydrogen (secondary N) is 3. The van der Waals surface area contributed by atoms with E-state index in [1.165, 1.54) is 24.3 Å². The molecule has 1 aromatic heterocycles. The van der Waals surface area contributed by atoms with Crippen molar-refractivity contribution in [1.29, 1.82) is 0 Å². The van der Waals surface area contributed by atoms with Crippen LogP contribution in [-0.2, 0) is 10.0 Å². The van der Waals surface area contributed by atoms with Crippen LogP contribution in [-0.4, -0.2) is 23.7 Å². The highest BCUT2D eigenvalue weighted by Gasteiger charge is 2.15. The van der Waals surface area contributed by atoms with Crippen LogP contribution < -0.4 is 15.4 Å². The number of rotatable bonds is 5. The van der Waals surface area contributed by atoms with Crippen LogP contribution in [0.3, 0.4) is 0 Å². The number of nitrogens with zero attached hydrogens (tertiary/aromatic N) is 2. The summed E-state index contributed by atoms with van der Waals surface area (Å²) in [5.74, 6) is 0.0684. The standard InChI is InChI=1S/C18H15Cl2N5O2S2/c1-11-2-3-12(19)10-15(11)22-18(28)21-13-4-6-14(7-5-13)29(26,27)25-17-9-8-16(20)23-24-17/h2-10H,1H3,(H,24,25)(H2,21,22,28). The second kappa shape index (κ2) is 8.91. The third-order valence-corrected chi connectivity index (χ3v) is 5.75. The maximum absolute atomic E-state index is 12.4. The Kier molecular flexibility index (Phi) is 6.53. The molecule has 1 heterocycles. The topological polar surface area (TPSA) is 96.0 Å². The normalized spacial score (nSPS) is 11.0. The third kappa shape index (κ3) is 5.77. The van der Waals surface area contributed by atoms with Crippen molar-refractivity contribution in [3.63, 3.8) is 0 Å². The van der Waals surface area contributed by atoms with E-state index in [1.54, 1.807) is 24.3 Å². The molecule has 0 saturated heterocycles. The Bertz CT molecular complexity index is 1140.